The van der Waals surface area contributed by atoms with Crippen molar-refractivity contribution in [2.45, 2.75) is 6.17 Å². The number of anilines is 1. The van der Waals surface area contributed by atoms with Gasteiger partial charge < -0.3 is 10.4 Å². The highest BCUT2D eigenvalue weighted by atomic mass is 16.5. The molecule has 96 valence electrons. The highest BCUT2D eigenvalue weighted by Gasteiger charge is 2.31. The number of hydrogen-bond acceptors (Lipinski definition) is 4. The van der Waals surface area contributed by atoms with Crippen LogP contribution in [-0.2, 0) is 0 Å². The van der Waals surface area contributed by atoms with Crippen molar-refractivity contribution in [3.05, 3.63) is 59.7 Å². The molecule has 1 aliphatic heterocycles. The zero-order valence-electron chi connectivity index (χ0n) is 9.95. The van der Waals surface area contributed by atoms with E-state index in [0.29, 0.717) is 21.9 Å². The van der Waals surface area contributed by atoms with Gasteiger partial charge in [0.25, 0.3) is 5.91 Å². The molecule has 1 aliphatic rings. The number of carbonyl (C=O) groups is 1. The van der Waals surface area contributed by atoms with Crippen LogP contribution < -0.4 is 5.32 Å². The molecular weight excluding hydrogens is 244 g/mol. The summed E-state index contributed by atoms with van der Waals surface area (Å²) in [5.41, 5.74) is 1.68. The Hall–Kier alpha value is -2.53. The van der Waals surface area contributed by atoms with Gasteiger partial charge in [0, 0.05) is 11.3 Å². The van der Waals surface area contributed by atoms with Gasteiger partial charge in [-0.25, -0.2) is 0 Å². The maximum Gasteiger partial charge on any atom is 0.281 e. The Labute approximate surface area is 109 Å². The molecule has 3 N–H and O–H groups in total. The number of para-hydroxylation sites is 1. The van der Waals surface area contributed by atoms with Crippen LogP contribution in [0, 0.1) is 0 Å². The van der Waals surface area contributed by atoms with Crippen LogP contribution in [0.1, 0.15) is 22.1 Å². The minimum Gasteiger partial charge on any atom is -0.508 e. The molecule has 1 amide bonds. The number of fused-ring (bicyclic) bond motifs is 1. The van der Waals surface area contributed by atoms with Crippen LogP contribution in [0.3, 0.4) is 0 Å². The predicted molar refractivity (Wildman–Crippen MR) is 68.9 cm³/mol. The van der Waals surface area contributed by atoms with Crippen molar-refractivity contribution >= 4 is 11.6 Å². The monoisotopic (exact) mass is 256 g/mol. The van der Waals surface area contributed by atoms with E-state index in [2.05, 4.69) is 5.32 Å². The minimum absolute atomic E-state index is 0.0824. The number of hydrogen-bond donors (Lipinski definition) is 3. The summed E-state index contributed by atoms with van der Waals surface area (Å²) in [6.07, 6.45) is -0.713. The molecule has 0 radical (unpaired) electrons. The third-order valence-electron chi connectivity index (χ3n) is 3.09. The molecule has 0 fully saturated rings. The van der Waals surface area contributed by atoms with E-state index in [1.807, 2.05) is 6.07 Å². The van der Waals surface area contributed by atoms with Crippen molar-refractivity contribution < 1.29 is 15.1 Å². The number of nitrogens with one attached hydrogen (secondary N) is 1. The maximum absolute atomic E-state index is 12.1. The third-order valence-corrected chi connectivity index (χ3v) is 3.09. The highest BCUT2D eigenvalue weighted by molar-refractivity contribution is 6.00. The molecule has 0 bridgehead atoms. The summed E-state index contributed by atoms with van der Waals surface area (Å²) in [6.45, 7) is 0. The van der Waals surface area contributed by atoms with E-state index in [0.717, 1.165) is 0 Å². The molecule has 1 heterocycles. The zero-order chi connectivity index (χ0) is 13.4. The number of hydroxylamine groups is 2. The molecule has 0 aliphatic carbocycles. The number of rotatable bonds is 1. The predicted octanol–water partition coefficient (Wildman–Crippen LogP) is 2.35. The number of phenolic OH excluding ortho intramolecular Hbond substituents is 1. The molecule has 2 aromatic rings. The lowest BCUT2D eigenvalue weighted by Crippen LogP contribution is -2.40. The van der Waals surface area contributed by atoms with Gasteiger partial charge in [0.1, 0.15) is 5.75 Å². The molecule has 5 heteroatoms. The Bertz CT molecular complexity index is 642. The number of nitrogens with zero attached hydrogens (tertiary/aromatic N) is 1. The lowest BCUT2D eigenvalue weighted by Gasteiger charge is -2.33. The zero-order valence-corrected chi connectivity index (χ0v) is 9.95. The lowest BCUT2D eigenvalue weighted by molar-refractivity contribution is -0.0851. The second-order valence-electron chi connectivity index (χ2n) is 4.34. The summed E-state index contributed by atoms with van der Waals surface area (Å²) in [7, 11) is 0. The summed E-state index contributed by atoms with van der Waals surface area (Å²) < 4.78 is 0. The van der Waals surface area contributed by atoms with Crippen molar-refractivity contribution in [1.82, 2.24) is 5.06 Å². The molecule has 0 unspecified atom stereocenters. The highest BCUT2D eigenvalue weighted by Crippen LogP contribution is 2.32. The summed E-state index contributed by atoms with van der Waals surface area (Å²) in [5, 5.41) is 23.1. The van der Waals surface area contributed by atoms with E-state index in [-0.39, 0.29) is 5.75 Å². The Balaban J connectivity index is 2.04. The van der Waals surface area contributed by atoms with E-state index in [1.165, 1.54) is 12.1 Å². The van der Waals surface area contributed by atoms with Gasteiger partial charge in [-0.15, -0.1) is 0 Å². The van der Waals surface area contributed by atoms with Crippen LogP contribution in [0.25, 0.3) is 0 Å². The largest absolute Gasteiger partial charge is 0.508 e. The van der Waals surface area contributed by atoms with E-state index in [4.69, 9.17) is 0 Å². The van der Waals surface area contributed by atoms with Gasteiger partial charge in [0.2, 0.25) is 0 Å². The molecule has 0 saturated heterocycles. The van der Waals surface area contributed by atoms with Crippen molar-refractivity contribution in [2.24, 2.45) is 0 Å². The molecule has 1 atom stereocenters. The molecule has 2 aromatic carbocycles. The lowest BCUT2D eigenvalue weighted by atomic mass is 10.1. The van der Waals surface area contributed by atoms with Crippen LogP contribution in [0.4, 0.5) is 5.69 Å². The van der Waals surface area contributed by atoms with E-state index in [1.54, 1.807) is 30.3 Å². The van der Waals surface area contributed by atoms with Gasteiger partial charge in [-0.05, 0) is 24.3 Å². The standard InChI is InChI=1S/C14H12N2O3/c17-10-5-3-4-9(8-10)13-15-12-7-2-1-6-11(12)14(18)16(13)19/h1-8,13,15,17,19H/t13-/m1/s1. The number of aromatic hydroxyl groups is 1. The summed E-state index contributed by atoms with van der Waals surface area (Å²) in [5.74, 6) is -0.387. The van der Waals surface area contributed by atoms with Gasteiger partial charge in [0.15, 0.2) is 6.17 Å². The Morgan fingerprint density at radius 2 is 1.89 bits per heavy atom. The number of carbonyl (C=O) groups excluding carboxylic acids is 1. The first kappa shape index (κ1) is 11.6. The number of benzene rings is 2. The normalized spacial score (nSPS) is 17.8. The summed E-state index contributed by atoms with van der Waals surface area (Å²) in [4.78, 5) is 12.1. The molecule has 0 saturated carbocycles. The Morgan fingerprint density at radius 1 is 1.11 bits per heavy atom. The summed E-state index contributed by atoms with van der Waals surface area (Å²) in [6, 6.07) is 13.4. The number of phenols is 1. The van der Waals surface area contributed by atoms with Crippen LogP contribution in [-0.4, -0.2) is 21.3 Å². The first-order valence-corrected chi connectivity index (χ1v) is 5.84. The quantitative estimate of drug-likeness (QED) is 0.685. The SMILES string of the molecule is O=C1c2ccccc2N[C@@H](c2cccc(O)c2)N1O. The van der Waals surface area contributed by atoms with Crippen molar-refractivity contribution in [2.75, 3.05) is 5.32 Å². The Kier molecular flexibility index (Phi) is 2.61. The molecule has 0 spiro atoms. The van der Waals surface area contributed by atoms with E-state index < -0.39 is 12.1 Å². The topological polar surface area (TPSA) is 72.8 Å². The second-order valence-corrected chi connectivity index (χ2v) is 4.34. The van der Waals surface area contributed by atoms with Crippen LogP contribution in [0.2, 0.25) is 0 Å². The average molecular weight is 256 g/mol. The Morgan fingerprint density at radius 3 is 2.68 bits per heavy atom. The van der Waals surface area contributed by atoms with Gasteiger partial charge in [-0.2, -0.15) is 5.06 Å². The van der Waals surface area contributed by atoms with Crippen LogP contribution in [0.5, 0.6) is 5.75 Å². The first-order chi connectivity index (χ1) is 9.16. The third kappa shape index (κ3) is 1.90. The second kappa shape index (κ2) is 4.29. The van der Waals surface area contributed by atoms with Gasteiger partial charge in [-0.3, -0.25) is 10.0 Å². The molecule has 0 aromatic heterocycles. The van der Waals surface area contributed by atoms with Gasteiger partial charge in [0.05, 0.1) is 5.56 Å². The molecular formula is C14H12N2O3. The molecule has 19 heavy (non-hydrogen) atoms. The molecule has 3 rings (SSSR count). The van der Waals surface area contributed by atoms with Crippen molar-refractivity contribution in [1.29, 1.82) is 0 Å². The van der Waals surface area contributed by atoms with Crippen LogP contribution in [0.15, 0.2) is 48.5 Å². The van der Waals surface area contributed by atoms with E-state index in [9.17, 15) is 15.1 Å². The fourth-order valence-corrected chi connectivity index (χ4v) is 2.16. The van der Waals surface area contributed by atoms with E-state index >= 15 is 0 Å². The van der Waals surface area contributed by atoms with Crippen LogP contribution >= 0.6 is 0 Å². The smallest absolute Gasteiger partial charge is 0.281 e. The average Bonchev–Trinajstić information content (AvgIpc) is 2.43. The summed E-state index contributed by atoms with van der Waals surface area (Å²) >= 11 is 0. The molecule has 5 nitrogen and oxygen atoms in total. The van der Waals surface area contributed by atoms with Crippen molar-refractivity contribution in [3.63, 3.8) is 0 Å². The fraction of sp³-hybridized carbons (Fsp3) is 0.0714. The van der Waals surface area contributed by atoms with Crippen molar-refractivity contribution in [3.8, 4) is 5.75 Å². The maximum atomic E-state index is 12.1. The van der Waals surface area contributed by atoms with Gasteiger partial charge in [-0.1, -0.05) is 24.3 Å². The minimum atomic E-state index is -0.713. The van der Waals surface area contributed by atoms with Gasteiger partial charge >= 0.3 is 0 Å². The number of amides is 1. The fourth-order valence-electron chi connectivity index (χ4n) is 2.16. The first-order valence-electron chi connectivity index (χ1n) is 5.84.